The summed E-state index contributed by atoms with van der Waals surface area (Å²) in [5.41, 5.74) is 7.85. The first-order valence-electron chi connectivity index (χ1n) is 15.0. The first kappa shape index (κ1) is 30.8. The topological polar surface area (TPSA) is 119 Å². The van der Waals surface area contributed by atoms with Crippen molar-refractivity contribution in [3.8, 4) is 17.1 Å². The highest BCUT2D eigenvalue weighted by atomic mass is 79.9. The van der Waals surface area contributed by atoms with Crippen LogP contribution in [0.25, 0.3) is 28.2 Å². The highest BCUT2D eigenvalue weighted by Gasteiger charge is 2.31. The summed E-state index contributed by atoms with van der Waals surface area (Å²) < 4.78 is 29.3. The van der Waals surface area contributed by atoms with Crippen molar-refractivity contribution in [2.24, 2.45) is 0 Å². The number of benzene rings is 1. The molecule has 1 aromatic carbocycles. The number of hydrogen-bond acceptors (Lipinski definition) is 7. The van der Waals surface area contributed by atoms with Crippen molar-refractivity contribution in [3.05, 3.63) is 57.4 Å². The Morgan fingerprint density at radius 2 is 1.86 bits per heavy atom. The lowest BCUT2D eigenvalue weighted by molar-refractivity contribution is 0.0664. The number of hydrogen-bond donors (Lipinski definition) is 2. The van der Waals surface area contributed by atoms with E-state index in [2.05, 4.69) is 74.6 Å². The van der Waals surface area contributed by atoms with Gasteiger partial charge in [-0.2, -0.15) is 4.31 Å². The summed E-state index contributed by atoms with van der Waals surface area (Å²) >= 11 is 3.64. The van der Waals surface area contributed by atoms with Crippen LogP contribution in [0, 0.1) is 20.8 Å². The Kier molecular flexibility index (Phi) is 8.33. The van der Waals surface area contributed by atoms with Gasteiger partial charge in [0.1, 0.15) is 11.3 Å². The van der Waals surface area contributed by atoms with Crippen LogP contribution in [0.5, 0.6) is 0 Å². The van der Waals surface area contributed by atoms with Gasteiger partial charge in [0.05, 0.1) is 15.9 Å². The summed E-state index contributed by atoms with van der Waals surface area (Å²) in [5.74, 6) is 0.854. The highest BCUT2D eigenvalue weighted by Crippen LogP contribution is 2.35. The summed E-state index contributed by atoms with van der Waals surface area (Å²) in [5, 5.41) is 3.55. The van der Waals surface area contributed by atoms with Gasteiger partial charge in [0.25, 0.3) is 5.91 Å². The Morgan fingerprint density at radius 1 is 1.11 bits per heavy atom. The van der Waals surface area contributed by atoms with Crippen LogP contribution >= 0.6 is 15.9 Å². The average molecular weight is 684 g/mol. The average Bonchev–Trinajstić information content (AvgIpc) is 3.73. The number of aryl methyl sites for hydroxylation is 2. The normalized spacial score (nSPS) is 18.4. The fourth-order valence-electron chi connectivity index (χ4n) is 6.24. The zero-order chi connectivity index (χ0) is 31.3. The van der Waals surface area contributed by atoms with Gasteiger partial charge in [-0.3, -0.25) is 4.79 Å². The van der Waals surface area contributed by atoms with E-state index in [1.54, 1.807) is 17.4 Å². The molecule has 0 radical (unpaired) electrons. The molecule has 0 bridgehead atoms. The number of imidazole rings is 1. The lowest BCUT2D eigenvalue weighted by atomic mass is 10.1. The molecule has 2 fully saturated rings. The maximum atomic E-state index is 13.4. The second kappa shape index (κ2) is 11.9. The predicted octanol–water partition coefficient (Wildman–Crippen LogP) is 4.33. The van der Waals surface area contributed by atoms with E-state index in [-0.39, 0.29) is 17.7 Å². The number of carbonyl (C=O) groups is 1. The summed E-state index contributed by atoms with van der Waals surface area (Å²) in [6, 6.07) is 8.02. The molecule has 2 aliphatic rings. The molecule has 2 aliphatic heterocycles. The highest BCUT2D eigenvalue weighted by molar-refractivity contribution is 9.10. The van der Waals surface area contributed by atoms with Crippen LogP contribution in [0.2, 0.25) is 0 Å². The Bertz CT molecular complexity index is 1840. The molecule has 2 N–H and O–H groups in total. The Balaban J connectivity index is 1.31. The molecule has 0 saturated carbocycles. The monoisotopic (exact) mass is 682 g/mol. The molecule has 1 amide bonds. The van der Waals surface area contributed by atoms with Crippen molar-refractivity contribution in [2.75, 3.05) is 57.4 Å². The minimum atomic E-state index is -3.23. The van der Waals surface area contributed by atoms with E-state index in [0.717, 1.165) is 70.1 Å². The summed E-state index contributed by atoms with van der Waals surface area (Å²) in [6.07, 6.45) is 2.44. The van der Waals surface area contributed by atoms with E-state index < -0.39 is 10.0 Å². The van der Waals surface area contributed by atoms with Gasteiger partial charge >= 0.3 is 0 Å². The number of aromatic amines is 1. The Hall–Kier alpha value is -3.26. The zero-order valence-electron chi connectivity index (χ0n) is 25.8. The fraction of sp³-hybridized carbons (Fsp3) is 0.452. The molecule has 0 spiro atoms. The molecule has 0 unspecified atom stereocenters. The van der Waals surface area contributed by atoms with E-state index in [1.807, 2.05) is 23.1 Å². The van der Waals surface area contributed by atoms with E-state index in [9.17, 15) is 13.2 Å². The molecule has 3 aromatic heterocycles. The minimum Gasteiger partial charge on any atom is -0.378 e. The molecule has 2 saturated heterocycles. The lowest BCUT2D eigenvalue weighted by Gasteiger charge is -2.32. The molecule has 1 atom stereocenters. The summed E-state index contributed by atoms with van der Waals surface area (Å²) in [7, 11) is -1.15. The van der Waals surface area contributed by atoms with Crippen molar-refractivity contribution >= 4 is 48.7 Å². The molecule has 11 nitrogen and oxygen atoms in total. The van der Waals surface area contributed by atoms with E-state index in [0.29, 0.717) is 36.5 Å². The van der Waals surface area contributed by atoms with E-state index in [1.165, 1.54) is 0 Å². The van der Waals surface area contributed by atoms with Crippen LogP contribution in [0.1, 0.15) is 40.7 Å². The van der Waals surface area contributed by atoms with Gasteiger partial charge in [-0.1, -0.05) is 6.07 Å². The van der Waals surface area contributed by atoms with Crippen LogP contribution in [-0.4, -0.2) is 106 Å². The van der Waals surface area contributed by atoms with E-state index >= 15 is 0 Å². The van der Waals surface area contributed by atoms with Gasteiger partial charge in [0.2, 0.25) is 10.0 Å². The molecule has 44 heavy (non-hydrogen) atoms. The number of likely N-dealkylation sites (N-methyl/N-ethyl adjacent to an activating group) is 1. The maximum Gasteiger partial charge on any atom is 0.254 e. The second-order valence-electron chi connectivity index (χ2n) is 11.9. The van der Waals surface area contributed by atoms with Gasteiger partial charge in [-0.05, 0) is 80.9 Å². The van der Waals surface area contributed by atoms with Crippen molar-refractivity contribution in [2.45, 2.75) is 40.2 Å². The molecule has 0 aliphatic carbocycles. The van der Waals surface area contributed by atoms with Crippen molar-refractivity contribution in [1.29, 1.82) is 0 Å². The zero-order valence-corrected chi connectivity index (χ0v) is 28.2. The number of aromatic nitrogens is 4. The van der Waals surface area contributed by atoms with Crippen LogP contribution in [0.4, 0.5) is 5.69 Å². The van der Waals surface area contributed by atoms with Crippen molar-refractivity contribution < 1.29 is 13.2 Å². The number of H-pyrrole nitrogens is 1. The first-order chi connectivity index (χ1) is 21.0. The SMILES string of the molecule is CCS(=O)(=O)N1CC[C@H](Nc2c(Br)cnc3nc(-c4cc(C)n(-c5cc(C(=O)N6CCN(C)CC6)ccc5C)c4C)[nH]c23)C1. The standard InChI is InChI=1S/C31H39BrN8O3S/c1-6-44(42,43)39-10-9-23(18-39)34-27-25(32)17-33-30-28(27)35-29(36-30)24-15-20(3)40(21(24)4)26-16-22(8-7-19(26)2)31(41)38-13-11-37(5)12-14-38/h7-8,15-17,23H,6,9-14,18H2,1-5H3,(H2,33,34,35,36)/t23-/m0/s1. The number of fused-ring (bicyclic) bond motifs is 1. The number of nitrogens with one attached hydrogen (secondary N) is 2. The van der Waals surface area contributed by atoms with Gasteiger partial charge in [-0.15, -0.1) is 0 Å². The van der Waals surface area contributed by atoms with Crippen LogP contribution < -0.4 is 5.32 Å². The molecule has 5 heterocycles. The Morgan fingerprint density at radius 3 is 2.59 bits per heavy atom. The third kappa shape index (κ3) is 5.66. The quantitative estimate of drug-likeness (QED) is 0.298. The number of piperazine rings is 1. The minimum absolute atomic E-state index is 0.0288. The number of rotatable bonds is 7. The van der Waals surface area contributed by atoms with Crippen LogP contribution in [-0.2, 0) is 10.0 Å². The second-order valence-corrected chi connectivity index (χ2v) is 15.0. The number of anilines is 1. The van der Waals surface area contributed by atoms with Crippen LogP contribution in [0.15, 0.2) is 34.9 Å². The first-order valence-corrected chi connectivity index (χ1v) is 17.4. The number of nitrogens with zero attached hydrogens (tertiary/aromatic N) is 6. The third-order valence-electron chi connectivity index (χ3n) is 8.91. The van der Waals surface area contributed by atoms with Gasteiger partial charge in [0, 0.05) is 79.7 Å². The summed E-state index contributed by atoms with van der Waals surface area (Å²) in [4.78, 5) is 30.5. The number of halogens is 1. The van der Waals surface area contributed by atoms with Crippen molar-refractivity contribution in [3.63, 3.8) is 0 Å². The Labute approximate surface area is 266 Å². The van der Waals surface area contributed by atoms with Crippen molar-refractivity contribution in [1.82, 2.24) is 33.6 Å². The molecular weight excluding hydrogens is 644 g/mol. The largest absolute Gasteiger partial charge is 0.378 e. The number of pyridine rings is 1. The number of carbonyl (C=O) groups excluding carboxylic acids is 1. The molecule has 13 heteroatoms. The van der Waals surface area contributed by atoms with E-state index in [4.69, 9.17) is 4.98 Å². The number of sulfonamides is 1. The third-order valence-corrected chi connectivity index (χ3v) is 11.4. The molecule has 4 aromatic rings. The van der Waals surface area contributed by atoms with Gasteiger partial charge in [-0.25, -0.2) is 18.4 Å². The number of amides is 1. The van der Waals surface area contributed by atoms with Gasteiger partial charge in [0.15, 0.2) is 5.65 Å². The molecule has 6 rings (SSSR count). The lowest BCUT2D eigenvalue weighted by Crippen LogP contribution is -2.47. The molecule has 234 valence electrons. The predicted molar refractivity (Wildman–Crippen MR) is 177 cm³/mol. The fourth-order valence-corrected chi connectivity index (χ4v) is 7.81. The smallest absolute Gasteiger partial charge is 0.254 e. The molecular formula is C31H39BrN8O3S. The van der Waals surface area contributed by atoms with Crippen LogP contribution in [0.3, 0.4) is 0 Å². The summed E-state index contributed by atoms with van der Waals surface area (Å²) in [6.45, 7) is 12.0. The maximum absolute atomic E-state index is 13.4. The van der Waals surface area contributed by atoms with Gasteiger partial charge < -0.3 is 24.7 Å².